The van der Waals surface area contributed by atoms with Gasteiger partial charge in [0.25, 0.3) is 0 Å². The molecule has 0 N–H and O–H groups in total. The standard InChI is InChI=1S/C49H31NS/c1-3-15-32(16-4-1)50(33-17-5-2-6-18-33)34-27-28-45-40(29-34)36-20-8-7-19-35(36)37-21-9-12-24-43(37)49(45)44-25-13-10-22-38(44)41-30-42-39-23-11-14-26-47(39)51-48(42)31-46(41)49/h1-31H. The Morgan fingerprint density at radius 1 is 0.314 bits per heavy atom. The monoisotopic (exact) mass is 665 g/mol. The minimum absolute atomic E-state index is 0.524. The van der Waals surface area contributed by atoms with Gasteiger partial charge in [0, 0.05) is 37.2 Å². The van der Waals surface area contributed by atoms with Crippen molar-refractivity contribution in [3.05, 3.63) is 210 Å². The Labute approximate surface area is 301 Å². The van der Waals surface area contributed by atoms with E-state index in [0.29, 0.717) is 0 Å². The molecule has 8 aromatic carbocycles. The van der Waals surface area contributed by atoms with Crippen molar-refractivity contribution in [1.82, 2.24) is 0 Å². The van der Waals surface area contributed by atoms with Gasteiger partial charge in [-0.1, -0.05) is 133 Å². The van der Waals surface area contributed by atoms with Crippen LogP contribution < -0.4 is 4.90 Å². The molecule has 2 aliphatic rings. The third-order valence-electron chi connectivity index (χ3n) is 11.1. The molecule has 1 spiro atoms. The summed E-state index contributed by atoms with van der Waals surface area (Å²) in [4.78, 5) is 2.38. The van der Waals surface area contributed by atoms with E-state index in [1.165, 1.54) is 75.8 Å². The Balaban J connectivity index is 1.28. The zero-order valence-electron chi connectivity index (χ0n) is 27.8. The Kier molecular flexibility index (Phi) is 6.11. The molecule has 0 bridgehead atoms. The predicted octanol–water partition coefficient (Wildman–Crippen LogP) is 13.5. The lowest BCUT2D eigenvalue weighted by Crippen LogP contribution is -2.29. The number of para-hydroxylation sites is 2. The van der Waals surface area contributed by atoms with Gasteiger partial charge in [0.1, 0.15) is 0 Å². The van der Waals surface area contributed by atoms with Crippen LogP contribution in [0.25, 0.3) is 53.6 Å². The van der Waals surface area contributed by atoms with E-state index in [9.17, 15) is 0 Å². The van der Waals surface area contributed by atoms with Crippen molar-refractivity contribution in [2.24, 2.45) is 0 Å². The Morgan fingerprint density at radius 2 is 0.824 bits per heavy atom. The third-order valence-corrected chi connectivity index (χ3v) is 12.2. The van der Waals surface area contributed by atoms with Crippen LogP contribution >= 0.6 is 11.3 Å². The molecule has 0 fully saturated rings. The number of hydrogen-bond donors (Lipinski definition) is 0. The molecule has 1 atom stereocenters. The third kappa shape index (κ3) is 3.97. The molecule has 1 nitrogen and oxygen atoms in total. The zero-order valence-corrected chi connectivity index (χ0v) is 28.6. The van der Waals surface area contributed by atoms with E-state index in [4.69, 9.17) is 0 Å². The van der Waals surface area contributed by atoms with E-state index in [1.807, 2.05) is 11.3 Å². The first-order valence-electron chi connectivity index (χ1n) is 17.6. The molecule has 0 aliphatic heterocycles. The van der Waals surface area contributed by atoms with Crippen LogP contribution in [0, 0.1) is 0 Å². The molecule has 1 heterocycles. The fourth-order valence-corrected chi connectivity index (χ4v) is 10.2. The fraction of sp³-hybridized carbons (Fsp3) is 0.0204. The van der Waals surface area contributed by atoms with E-state index in [-0.39, 0.29) is 0 Å². The summed E-state index contributed by atoms with van der Waals surface area (Å²) in [6, 6.07) is 69.9. The second-order valence-electron chi connectivity index (χ2n) is 13.6. The Hall–Kier alpha value is -6.22. The molecular weight excluding hydrogens is 635 g/mol. The van der Waals surface area contributed by atoms with Crippen molar-refractivity contribution in [3.8, 4) is 33.4 Å². The highest BCUT2D eigenvalue weighted by molar-refractivity contribution is 7.25. The van der Waals surface area contributed by atoms with Gasteiger partial charge in [0.15, 0.2) is 0 Å². The minimum atomic E-state index is -0.524. The first-order valence-corrected chi connectivity index (χ1v) is 18.4. The van der Waals surface area contributed by atoms with E-state index in [1.54, 1.807) is 0 Å². The maximum absolute atomic E-state index is 2.53. The number of fused-ring (bicyclic) bond motifs is 15. The Bertz CT molecular complexity index is 2770. The van der Waals surface area contributed by atoms with Crippen molar-refractivity contribution < 1.29 is 0 Å². The molecule has 0 amide bonds. The maximum Gasteiger partial charge on any atom is 0.0726 e. The smallest absolute Gasteiger partial charge is 0.0726 e. The van der Waals surface area contributed by atoms with Crippen molar-refractivity contribution in [2.45, 2.75) is 5.41 Å². The van der Waals surface area contributed by atoms with E-state index < -0.39 is 5.41 Å². The topological polar surface area (TPSA) is 3.24 Å². The zero-order chi connectivity index (χ0) is 33.5. The van der Waals surface area contributed by atoms with Gasteiger partial charge in [0.2, 0.25) is 0 Å². The lowest BCUT2D eigenvalue weighted by Gasteiger charge is -2.36. The van der Waals surface area contributed by atoms with Gasteiger partial charge in [-0.15, -0.1) is 11.3 Å². The van der Waals surface area contributed by atoms with E-state index in [0.717, 1.165) is 17.1 Å². The number of thiophene rings is 1. The maximum atomic E-state index is 2.53. The van der Waals surface area contributed by atoms with Crippen LogP contribution in [0.4, 0.5) is 17.1 Å². The molecule has 51 heavy (non-hydrogen) atoms. The quantitative estimate of drug-likeness (QED) is 0.182. The summed E-state index contributed by atoms with van der Waals surface area (Å²) in [7, 11) is 0. The number of nitrogens with zero attached hydrogens (tertiary/aromatic N) is 1. The van der Waals surface area contributed by atoms with E-state index in [2.05, 4.69) is 193 Å². The van der Waals surface area contributed by atoms with Crippen molar-refractivity contribution in [1.29, 1.82) is 0 Å². The molecule has 2 heteroatoms. The fourth-order valence-electron chi connectivity index (χ4n) is 9.04. The van der Waals surface area contributed by atoms with Crippen molar-refractivity contribution in [2.75, 3.05) is 4.90 Å². The van der Waals surface area contributed by atoms with Crippen LogP contribution in [-0.4, -0.2) is 0 Å². The van der Waals surface area contributed by atoms with Crippen molar-refractivity contribution in [3.63, 3.8) is 0 Å². The number of hydrogen-bond acceptors (Lipinski definition) is 2. The second-order valence-corrected chi connectivity index (χ2v) is 14.7. The number of anilines is 3. The molecular formula is C49H31NS. The van der Waals surface area contributed by atoms with Crippen molar-refractivity contribution >= 4 is 48.6 Å². The summed E-state index contributed by atoms with van der Waals surface area (Å²) >= 11 is 1.90. The lowest BCUT2D eigenvalue weighted by molar-refractivity contribution is 0.776. The van der Waals surface area contributed by atoms with E-state index >= 15 is 0 Å². The first-order chi connectivity index (χ1) is 25.3. The Morgan fingerprint density at radius 3 is 1.51 bits per heavy atom. The van der Waals surface area contributed by atoms with Crippen LogP contribution in [0.1, 0.15) is 22.3 Å². The van der Waals surface area contributed by atoms with Crippen LogP contribution in [0.2, 0.25) is 0 Å². The molecule has 0 saturated heterocycles. The summed E-state index contributed by atoms with van der Waals surface area (Å²) in [6.45, 7) is 0. The van der Waals surface area contributed by atoms with Gasteiger partial charge in [-0.05, 0) is 110 Å². The molecule has 0 saturated carbocycles. The minimum Gasteiger partial charge on any atom is -0.310 e. The van der Waals surface area contributed by atoms with Crippen LogP contribution in [0.5, 0.6) is 0 Å². The molecule has 1 unspecified atom stereocenters. The van der Waals surface area contributed by atoms with Crippen LogP contribution in [0.3, 0.4) is 0 Å². The second kappa shape index (κ2) is 10.9. The van der Waals surface area contributed by atoms with Gasteiger partial charge in [-0.25, -0.2) is 0 Å². The van der Waals surface area contributed by atoms with Gasteiger partial charge in [0.05, 0.1) is 5.41 Å². The summed E-state index contributed by atoms with van der Waals surface area (Å²) in [6.07, 6.45) is 0. The van der Waals surface area contributed by atoms with Gasteiger partial charge in [-0.3, -0.25) is 0 Å². The highest BCUT2D eigenvalue weighted by Crippen LogP contribution is 2.62. The molecule has 2 aliphatic carbocycles. The molecule has 9 aromatic rings. The van der Waals surface area contributed by atoms with Gasteiger partial charge in [-0.2, -0.15) is 0 Å². The average molecular weight is 666 g/mol. The van der Waals surface area contributed by atoms with Crippen LogP contribution in [0.15, 0.2) is 188 Å². The predicted molar refractivity (Wildman–Crippen MR) is 216 cm³/mol. The molecule has 238 valence electrons. The average Bonchev–Trinajstić information content (AvgIpc) is 3.67. The highest BCUT2D eigenvalue weighted by atomic mass is 32.1. The number of benzene rings is 8. The molecule has 1 aromatic heterocycles. The number of rotatable bonds is 3. The van der Waals surface area contributed by atoms with Gasteiger partial charge < -0.3 is 4.90 Å². The summed E-state index contributed by atoms with van der Waals surface area (Å²) in [5, 5.41) is 2.67. The largest absolute Gasteiger partial charge is 0.310 e. The SMILES string of the molecule is c1ccc(N(c2ccccc2)c2ccc3c(c2)-c2ccccc2-c2ccccc2C32c3ccccc3-c3cc4c(cc32)sc2ccccc24)cc1. The highest BCUT2D eigenvalue weighted by Gasteiger charge is 2.50. The molecule has 0 radical (unpaired) electrons. The molecule has 11 rings (SSSR count). The lowest BCUT2D eigenvalue weighted by atomic mass is 9.66. The summed E-state index contributed by atoms with van der Waals surface area (Å²) in [5.74, 6) is 0. The first kappa shape index (κ1) is 28.6. The van der Waals surface area contributed by atoms with Crippen LogP contribution in [-0.2, 0) is 5.41 Å². The normalized spacial score (nSPS) is 15.1. The van der Waals surface area contributed by atoms with Gasteiger partial charge >= 0.3 is 0 Å². The summed E-state index contributed by atoms with van der Waals surface area (Å²) in [5.41, 5.74) is 15.9. The summed E-state index contributed by atoms with van der Waals surface area (Å²) < 4.78 is 2.66.